The van der Waals surface area contributed by atoms with E-state index in [1.807, 2.05) is 69.4 Å². The first-order chi connectivity index (χ1) is 28.4. The summed E-state index contributed by atoms with van der Waals surface area (Å²) < 4.78 is 18.1. The number of imidazole rings is 1. The zero-order valence-electron chi connectivity index (χ0n) is 35.0. The van der Waals surface area contributed by atoms with Crippen molar-refractivity contribution in [1.29, 1.82) is 0 Å². The largest absolute Gasteiger partial charge is 0 e. The maximum Gasteiger partial charge on any atom is 0 e. The van der Waals surface area contributed by atoms with Crippen molar-refractivity contribution >= 4 is 61.5 Å². The molecule has 0 unspecified atom stereocenters. The van der Waals surface area contributed by atoms with Gasteiger partial charge >= 0.3 is 120 Å². The van der Waals surface area contributed by atoms with Crippen LogP contribution in [0.15, 0.2) is 156 Å². The van der Waals surface area contributed by atoms with E-state index in [2.05, 4.69) is 147 Å². The Morgan fingerprint density at radius 2 is 1.51 bits per heavy atom. The molecule has 0 aliphatic heterocycles. The third-order valence-electron chi connectivity index (χ3n) is 10.7. The second-order valence-corrected chi connectivity index (χ2v) is 26.6. The molecule has 0 aliphatic carbocycles. The Morgan fingerprint density at radius 1 is 0.729 bits per heavy atom. The van der Waals surface area contributed by atoms with Crippen LogP contribution in [0.25, 0.3) is 83.3 Å². The zero-order valence-corrected chi connectivity index (χ0v) is 38.5. The third-order valence-corrected chi connectivity index (χ3v) is 15.0. The van der Waals surface area contributed by atoms with Gasteiger partial charge in [-0.25, -0.2) is 4.98 Å². The van der Waals surface area contributed by atoms with Crippen molar-refractivity contribution in [2.75, 3.05) is 0 Å². The SMILES string of the molecule is Cc1ccc2c(n1)oc1c(-c3nc4ccccc4n3-c3c(-c4ccccc4)ccc4ccccc34)[c-]ccc12.[2H]C(C)(C)c1c[c-]c(-c2cc[c]([Ge]([CH3])([CH3])[CH3])cn2)cc1.[Ir]. The first-order valence-electron chi connectivity index (χ1n) is 20.2. The Labute approximate surface area is 363 Å². The van der Waals surface area contributed by atoms with E-state index >= 15 is 0 Å². The van der Waals surface area contributed by atoms with Crippen molar-refractivity contribution in [3.05, 3.63) is 175 Å². The van der Waals surface area contributed by atoms with Gasteiger partial charge in [0.05, 0.1) is 28.1 Å². The number of hydrogen-bond donors (Lipinski definition) is 0. The number of benzene rings is 6. The molecule has 0 N–H and O–H groups in total. The standard InChI is InChI=1S/C35H22N3O.C17H22GeN.Ir/c1-22-18-20-28-27-14-9-15-29(33(27)39-35(28)36-22)34-37-30-16-7-8-17-31(30)38(34)32-25-13-6-5-12-24(25)19-21-26(32)23-10-3-2-4-11-23;1-13(2)14-6-8-15(9-7-14)17-11-10-16(12-19-17)18(3,4)5;/h2-14,16-21H,1H3;6-8,10-13H,1-5H3;/q2*-1;/i;13D;. The van der Waals surface area contributed by atoms with Gasteiger partial charge in [-0.05, 0) is 42.1 Å². The van der Waals surface area contributed by atoms with Crippen molar-refractivity contribution in [3.63, 3.8) is 0 Å². The number of aryl methyl sites for hydroxylation is 1. The molecule has 10 rings (SSSR count). The second kappa shape index (κ2) is 16.5. The minimum atomic E-state index is -1.78. The average molecular weight is 1010 g/mol. The average Bonchev–Trinajstić information content (AvgIpc) is 3.81. The minimum Gasteiger partial charge on any atom is 0 e. The predicted octanol–water partition coefficient (Wildman–Crippen LogP) is 13.1. The van der Waals surface area contributed by atoms with Crippen LogP contribution >= 0.6 is 0 Å². The maximum atomic E-state index is 8.02. The van der Waals surface area contributed by atoms with Gasteiger partial charge < -0.3 is 8.98 Å². The van der Waals surface area contributed by atoms with E-state index in [0.717, 1.165) is 83.5 Å². The Kier molecular flexibility index (Phi) is 10.9. The Balaban J connectivity index is 0.000000202. The molecular weight excluding hydrogens is 961 g/mol. The summed E-state index contributed by atoms with van der Waals surface area (Å²) >= 11 is -1.78. The molecule has 6 aromatic carbocycles. The molecule has 0 saturated heterocycles. The molecular formula is C52H44GeIrN4O-2. The van der Waals surface area contributed by atoms with Crippen molar-refractivity contribution in [1.82, 2.24) is 19.5 Å². The predicted molar refractivity (Wildman–Crippen MR) is 244 cm³/mol. The first kappa shape index (κ1) is 38.8. The summed E-state index contributed by atoms with van der Waals surface area (Å²) in [5.74, 6) is 7.31. The van der Waals surface area contributed by atoms with Crippen LogP contribution in [0.1, 0.15) is 32.4 Å². The third kappa shape index (κ3) is 7.81. The number of rotatable bonds is 6. The van der Waals surface area contributed by atoms with E-state index in [1.54, 1.807) is 0 Å². The summed E-state index contributed by atoms with van der Waals surface area (Å²) in [6.07, 6.45) is 2.02. The van der Waals surface area contributed by atoms with Crippen molar-refractivity contribution in [2.45, 2.75) is 43.9 Å². The van der Waals surface area contributed by atoms with Gasteiger partial charge in [0.15, 0.2) is 0 Å². The van der Waals surface area contributed by atoms with Gasteiger partial charge in [0.2, 0.25) is 5.71 Å². The van der Waals surface area contributed by atoms with Crippen LogP contribution in [0, 0.1) is 19.1 Å². The van der Waals surface area contributed by atoms with E-state index in [1.165, 1.54) is 9.78 Å². The minimum absolute atomic E-state index is 0. The summed E-state index contributed by atoms with van der Waals surface area (Å²) in [5, 5.41) is 4.31. The molecule has 0 amide bonds. The van der Waals surface area contributed by atoms with Gasteiger partial charge in [-0.2, -0.15) is 0 Å². The number of aromatic nitrogens is 4. The van der Waals surface area contributed by atoms with Gasteiger partial charge in [-0.1, -0.05) is 89.8 Å². The van der Waals surface area contributed by atoms with Crippen molar-refractivity contribution in [2.24, 2.45) is 0 Å². The Bertz CT molecular complexity index is 3070. The molecule has 1 radical (unpaired) electrons. The smallest absolute Gasteiger partial charge is 0 e. The summed E-state index contributed by atoms with van der Waals surface area (Å²) in [4.78, 5) is 14.4. The van der Waals surface area contributed by atoms with E-state index in [9.17, 15) is 0 Å². The molecule has 5 nitrogen and oxygen atoms in total. The molecule has 0 aliphatic rings. The second-order valence-electron chi connectivity index (χ2n) is 16.0. The van der Waals surface area contributed by atoms with Crippen LogP contribution in [0.4, 0.5) is 0 Å². The van der Waals surface area contributed by atoms with Crippen LogP contribution in [-0.2, 0) is 20.1 Å². The summed E-state index contributed by atoms with van der Waals surface area (Å²) in [7, 11) is 0. The van der Waals surface area contributed by atoms with E-state index < -0.39 is 19.2 Å². The quantitative estimate of drug-likeness (QED) is 0.123. The van der Waals surface area contributed by atoms with Gasteiger partial charge in [-0.15, -0.1) is 18.2 Å². The summed E-state index contributed by atoms with van der Waals surface area (Å²) in [6.45, 7) is 5.75. The van der Waals surface area contributed by atoms with Crippen LogP contribution in [0.2, 0.25) is 17.3 Å². The van der Waals surface area contributed by atoms with Gasteiger partial charge in [0.25, 0.3) is 0 Å². The number of nitrogens with zero attached hydrogens (tertiary/aromatic N) is 4. The summed E-state index contributed by atoms with van der Waals surface area (Å²) in [5.41, 5.74) is 11.3. The molecule has 293 valence electrons. The van der Waals surface area contributed by atoms with E-state index in [-0.39, 0.29) is 20.1 Å². The van der Waals surface area contributed by atoms with Gasteiger partial charge in [-0.3, -0.25) is 4.98 Å². The molecule has 10 aromatic rings. The van der Waals surface area contributed by atoms with Crippen LogP contribution in [-0.4, -0.2) is 32.8 Å². The first-order valence-corrected chi connectivity index (χ1v) is 27.0. The number of pyridine rings is 2. The Hall–Kier alpha value is -5.66. The van der Waals surface area contributed by atoms with E-state index in [0.29, 0.717) is 5.71 Å². The summed E-state index contributed by atoms with van der Waals surface area (Å²) in [6, 6.07) is 56.8. The maximum absolute atomic E-state index is 8.02. The van der Waals surface area contributed by atoms with Crippen LogP contribution < -0.4 is 4.40 Å². The normalized spacial score (nSPS) is 12.0. The zero-order chi connectivity index (χ0) is 40.9. The van der Waals surface area contributed by atoms with E-state index in [4.69, 9.17) is 10.8 Å². The fraction of sp³-hybridized carbons (Fsp3) is 0.135. The molecule has 59 heavy (non-hydrogen) atoms. The molecule has 4 heterocycles. The molecule has 4 aromatic heterocycles. The molecule has 0 bridgehead atoms. The number of fused-ring (bicyclic) bond motifs is 5. The Morgan fingerprint density at radius 3 is 2.25 bits per heavy atom. The molecule has 0 atom stereocenters. The van der Waals surface area contributed by atoms with Crippen LogP contribution in [0.5, 0.6) is 0 Å². The number of furan rings is 1. The molecule has 0 spiro atoms. The van der Waals surface area contributed by atoms with Gasteiger partial charge in [0, 0.05) is 42.1 Å². The van der Waals surface area contributed by atoms with Crippen molar-refractivity contribution < 1.29 is 25.9 Å². The monoisotopic (exact) mass is 1010 g/mol. The molecule has 0 fully saturated rings. The van der Waals surface area contributed by atoms with Crippen molar-refractivity contribution in [3.8, 4) is 39.5 Å². The molecule has 0 saturated carbocycles. The topological polar surface area (TPSA) is 56.7 Å². The number of hydrogen-bond acceptors (Lipinski definition) is 4. The van der Waals surface area contributed by atoms with Gasteiger partial charge in [0.1, 0.15) is 0 Å². The van der Waals surface area contributed by atoms with Crippen LogP contribution in [0.3, 0.4) is 0 Å². The fourth-order valence-corrected chi connectivity index (χ4v) is 9.71. The fourth-order valence-electron chi connectivity index (χ4n) is 7.54. The number of para-hydroxylation sites is 2. The molecule has 7 heteroatoms.